The molecule has 0 radical (unpaired) electrons. The SMILES string of the molecule is CC(C)(C)C1CCCC1.CC(C)(C)C1CCCC1.CC(C)(C)c1cc2c(C(C)(C)C)cc1CCc1ccc(cc1)CC2.CC(C)(C)c1cc2ccc1CCc1ccc(c(C(C)(C)C)c1)CC2.CC(C)c1cc2ccc1CCc1ccc(c3[nH]c(C(C)(C)C)cc13)CC2.CC(C)c1cc2ccc1CCc1ccc(c3[nH]c(C(C)(C)C)nc13)CC2.CC(C)c1cc2ccc1CCc1ccc(c3oc(C(C)(C)C)cc13)CC2.[CH3-].[CH3-].[Fe+2]. The van der Waals surface area contributed by atoms with E-state index in [1.807, 2.05) is 0 Å². The van der Waals surface area contributed by atoms with Gasteiger partial charge in [0.1, 0.15) is 17.2 Å². The molecule has 794 valence electrons. The van der Waals surface area contributed by atoms with Crippen LogP contribution in [-0.2, 0) is 183 Å². The van der Waals surface area contributed by atoms with E-state index in [0.29, 0.717) is 28.6 Å². The Hall–Kier alpha value is -8.73. The first-order valence-electron chi connectivity index (χ1n) is 57.0. The van der Waals surface area contributed by atoms with Gasteiger partial charge in [-0.05, 0) is 379 Å². The summed E-state index contributed by atoms with van der Waals surface area (Å²) in [6.07, 6.45) is 33.8. The van der Waals surface area contributed by atoms with Crippen LogP contribution in [0.2, 0.25) is 0 Å². The molecular weight excluding hydrogens is 1820 g/mol. The smallest absolute Gasteiger partial charge is 0.460 e. The molecule has 147 heavy (non-hydrogen) atoms. The number of furan rings is 1. The van der Waals surface area contributed by atoms with Crippen LogP contribution < -0.4 is 0 Å². The van der Waals surface area contributed by atoms with Crippen molar-refractivity contribution in [3.63, 3.8) is 0 Å². The predicted octanol–water partition coefficient (Wildman–Crippen LogP) is 38.8. The van der Waals surface area contributed by atoms with Crippen molar-refractivity contribution in [3.8, 4) is 0 Å². The molecule has 2 N–H and O–H groups in total. The van der Waals surface area contributed by atoms with Crippen LogP contribution in [0.4, 0.5) is 0 Å². The average Bonchev–Trinajstić information content (AvgIpc) is 1.64. The topological polar surface area (TPSA) is 57.6 Å². The monoisotopic (exact) mass is 2020 g/mol. The summed E-state index contributed by atoms with van der Waals surface area (Å²) in [7, 11) is 0. The Morgan fingerprint density at radius 2 is 0.537 bits per heavy atom. The van der Waals surface area contributed by atoms with Gasteiger partial charge in [-0.15, -0.1) is 0 Å². The van der Waals surface area contributed by atoms with Gasteiger partial charge in [-0.3, -0.25) is 0 Å². The largest absolute Gasteiger partial charge is 2.00 e. The first-order valence-corrected chi connectivity index (χ1v) is 57.0. The fourth-order valence-corrected chi connectivity index (χ4v) is 24.0. The van der Waals surface area contributed by atoms with E-state index in [2.05, 4.69) is 414 Å². The quantitative estimate of drug-likeness (QED) is 0.137. The second-order valence-corrected chi connectivity index (χ2v) is 55.3. The minimum Gasteiger partial charge on any atom is -0.460 e. The van der Waals surface area contributed by atoms with Gasteiger partial charge in [0.2, 0.25) is 0 Å². The number of aryl methyl sites for hydroxylation is 20. The van der Waals surface area contributed by atoms with Crippen LogP contribution in [0, 0.1) is 37.5 Å². The van der Waals surface area contributed by atoms with E-state index in [1.165, 1.54) is 212 Å². The van der Waals surface area contributed by atoms with Gasteiger partial charge >= 0.3 is 17.1 Å². The number of hydrogen-bond acceptors (Lipinski definition) is 2. The van der Waals surface area contributed by atoms with Gasteiger partial charge in [0, 0.05) is 38.2 Å². The molecule has 0 amide bonds. The Morgan fingerprint density at radius 3 is 0.891 bits per heavy atom. The molecular formula is C142H197FeN3O. The number of imidazole rings is 1. The number of nitrogens with one attached hydrogen (secondary N) is 2. The van der Waals surface area contributed by atoms with E-state index in [9.17, 15) is 0 Å². The molecule has 4 nitrogen and oxygen atoms in total. The molecule has 35 rings (SSSR count). The van der Waals surface area contributed by atoms with Crippen molar-refractivity contribution in [1.29, 1.82) is 0 Å². The summed E-state index contributed by atoms with van der Waals surface area (Å²) in [5.41, 5.74) is 48.6. The molecule has 10 aromatic carbocycles. The van der Waals surface area contributed by atoms with Crippen molar-refractivity contribution in [1.82, 2.24) is 15.0 Å². The number of aromatic amines is 2. The molecule has 3 aromatic heterocycles. The first kappa shape index (κ1) is 119. The number of benzene rings is 10. The molecule has 22 aliphatic rings. The molecule has 2 saturated carbocycles. The summed E-state index contributed by atoms with van der Waals surface area (Å²) >= 11 is 0. The van der Waals surface area contributed by atoms with Gasteiger partial charge in [0.05, 0.1) is 11.0 Å². The van der Waals surface area contributed by atoms with Crippen LogP contribution in [0.5, 0.6) is 0 Å². The fraction of sp³-hybridized carbons (Fsp3) is 0.528. The van der Waals surface area contributed by atoms with Crippen LogP contribution in [0.1, 0.15) is 465 Å². The Labute approximate surface area is 907 Å². The van der Waals surface area contributed by atoms with Gasteiger partial charge in [-0.1, -0.05) is 418 Å². The molecule has 0 spiro atoms. The van der Waals surface area contributed by atoms with Gasteiger partial charge in [0.15, 0.2) is 0 Å². The number of rotatable bonds is 3. The number of H-pyrrole nitrogens is 2. The molecule has 20 bridgehead atoms. The zero-order valence-corrected chi connectivity index (χ0v) is 100. The number of aromatic nitrogens is 3. The summed E-state index contributed by atoms with van der Waals surface area (Å²) in [6.45, 7) is 76.5. The molecule has 0 unspecified atom stereocenters. The minimum atomic E-state index is 0. The van der Waals surface area contributed by atoms with Crippen molar-refractivity contribution in [2.75, 3.05) is 0 Å². The van der Waals surface area contributed by atoms with E-state index in [4.69, 9.17) is 9.40 Å². The maximum atomic E-state index is 6.39. The van der Waals surface area contributed by atoms with E-state index in [0.717, 1.165) is 157 Å². The summed E-state index contributed by atoms with van der Waals surface area (Å²) in [4.78, 5) is 12.5. The molecule has 5 heteroatoms. The molecule has 22 aliphatic carbocycles. The minimum absolute atomic E-state index is 0. The average molecular weight is 2020 g/mol. The van der Waals surface area contributed by atoms with Gasteiger partial charge in [-0.25, -0.2) is 4.98 Å². The van der Waals surface area contributed by atoms with E-state index >= 15 is 0 Å². The van der Waals surface area contributed by atoms with Crippen molar-refractivity contribution in [2.24, 2.45) is 22.7 Å². The van der Waals surface area contributed by atoms with Crippen LogP contribution in [0.15, 0.2) is 180 Å². The zero-order valence-electron chi connectivity index (χ0n) is 99.1. The predicted molar refractivity (Wildman–Crippen MR) is 639 cm³/mol. The van der Waals surface area contributed by atoms with Crippen LogP contribution in [0.3, 0.4) is 0 Å². The van der Waals surface area contributed by atoms with Crippen molar-refractivity contribution < 1.29 is 21.5 Å². The van der Waals surface area contributed by atoms with Crippen molar-refractivity contribution in [2.45, 2.75) is 464 Å². The summed E-state index contributed by atoms with van der Waals surface area (Å²) in [5.74, 6) is 5.96. The Bertz CT molecular complexity index is 5990. The van der Waals surface area contributed by atoms with Gasteiger partial charge < -0.3 is 29.2 Å². The van der Waals surface area contributed by atoms with Crippen molar-refractivity contribution >= 4 is 32.9 Å². The maximum Gasteiger partial charge on any atom is 2.00 e. The molecule has 0 atom stereocenters. The van der Waals surface area contributed by atoms with Crippen LogP contribution in [-0.4, -0.2) is 15.0 Å². The molecule has 13 aromatic rings. The van der Waals surface area contributed by atoms with E-state index < -0.39 is 0 Å². The zero-order chi connectivity index (χ0) is 104. The maximum absolute atomic E-state index is 6.39. The molecule has 0 aliphatic heterocycles. The van der Waals surface area contributed by atoms with E-state index in [-0.39, 0.29) is 69.8 Å². The molecule has 2 fully saturated rings. The van der Waals surface area contributed by atoms with Gasteiger partial charge in [-0.2, -0.15) is 0 Å². The third-order valence-electron chi connectivity index (χ3n) is 33.3. The number of nitrogens with zero attached hydrogens (tertiary/aromatic N) is 1. The molecule has 3 heterocycles. The van der Waals surface area contributed by atoms with E-state index in [1.54, 1.807) is 22.3 Å². The fourth-order valence-electron chi connectivity index (χ4n) is 24.0. The summed E-state index contributed by atoms with van der Waals surface area (Å²) in [5, 5.41) is 2.77. The summed E-state index contributed by atoms with van der Waals surface area (Å²) < 4.78 is 6.39. The Balaban J connectivity index is 0.000000166. The van der Waals surface area contributed by atoms with Crippen LogP contribution >= 0.6 is 0 Å². The Morgan fingerprint density at radius 1 is 0.252 bits per heavy atom. The van der Waals surface area contributed by atoms with Gasteiger partial charge in [0.25, 0.3) is 0 Å². The van der Waals surface area contributed by atoms with Crippen LogP contribution in [0.25, 0.3) is 32.9 Å². The normalized spacial score (nSPS) is 15.7. The first-order chi connectivity index (χ1) is 67.5. The standard InChI is InChI=1S/C25H31N.C25H30O.C24H30N2.2C24H32.2C9H18.2CH3.Fe/c2*1-16(2)21-14-17-6-8-18(21)10-11-19-12-13-20(9-7-17)24-22(19)15-23(26-24)25(3,4)5;1-15(2)20-14-16-6-8-17(20)10-11-19-13-12-18(9-7-16)21-22(19)26-23(25-21)24(3,4)5;1-23(2,3)21-15-17-7-11-19(21)13-9-18-8-12-20(14-10-17)22(16-18)24(4,5)6;1-23(2,3)21-15-20-14-12-18-9-7-17(8-10-18)11-13-19(21)16-22(20)24(4,5)6;2*1-9(2,3)8-6-4-5-7-8;;;/h6,8,12-16,26H,7,9-11H2,1-5H3;6,8,12-16H,7,9-11H2,1-5H3;6,8,12-15H,7,9-11H2,1-5H3,(H,25,26);7-8,11-12,15-16H,9-10,13-14H2,1-6H3;7-10,15-16H,11-14H2,1-6H3;2*8H,4-7H2,1-3H3;2*1H3;/q;;;;;;;2*-1;+2. The summed E-state index contributed by atoms with van der Waals surface area (Å²) in [6, 6.07) is 69.0. The number of hydrogen-bond donors (Lipinski definition) is 2. The second kappa shape index (κ2) is 48.5. The third kappa shape index (κ3) is 30.4. The third-order valence-corrected chi connectivity index (χ3v) is 33.3. The second-order valence-electron chi connectivity index (χ2n) is 55.3. The Kier molecular flexibility index (Phi) is 39.1. The van der Waals surface area contributed by atoms with Crippen molar-refractivity contribution in [3.05, 3.63) is 358 Å². The molecule has 0 saturated heterocycles.